The Labute approximate surface area is 136 Å². The lowest BCUT2D eigenvalue weighted by Gasteiger charge is -2.14. The van der Waals surface area contributed by atoms with Crippen LogP contribution in [0.4, 0.5) is 0 Å². The van der Waals surface area contributed by atoms with Gasteiger partial charge in [-0.3, -0.25) is 9.78 Å². The van der Waals surface area contributed by atoms with Gasteiger partial charge in [-0.2, -0.15) is 0 Å². The van der Waals surface area contributed by atoms with E-state index in [0.717, 1.165) is 28.1 Å². The normalized spacial score (nSPS) is 11.8. The number of hydrogen-bond donors (Lipinski definition) is 2. The van der Waals surface area contributed by atoms with Crippen LogP contribution in [0.15, 0.2) is 36.5 Å². The van der Waals surface area contributed by atoms with Gasteiger partial charge in [-0.25, -0.2) is 0 Å². The molecule has 1 aromatic carbocycles. The molecule has 2 N–H and O–H groups in total. The van der Waals surface area contributed by atoms with Crippen molar-refractivity contribution in [2.24, 2.45) is 0 Å². The van der Waals surface area contributed by atoms with Gasteiger partial charge in [-0.05, 0) is 19.4 Å². The van der Waals surface area contributed by atoms with Crippen molar-refractivity contribution in [3.63, 3.8) is 0 Å². The minimum atomic E-state index is -0.808. The van der Waals surface area contributed by atoms with Crippen LogP contribution in [0.1, 0.15) is 34.9 Å². The van der Waals surface area contributed by atoms with Crippen molar-refractivity contribution in [1.82, 2.24) is 10.3 Å². The van der Waals surface area contributed by atoms with E-state index in [0.29, 0.717) is 6.54 Å². The summed E-state index contributed by atoms with van der Waals surface area (Å²) >= 11 is 0. The fourth-order valence-electron chi connectivity index (χ4n) is 2.47. The molecule has 1 aromatic heterocycles. The first kappa shape index (κ1) is 17.0. The molecule has 0 bridgehead atoms. The summed E-state index contributed by atoms with van der Waals surface area (Å²) in [7, 11) is 1.62. The highest BCUT2D eigenvalue weighted by Crippen LogP contribution is 2.24. The van der Waals surface area contributed by atoms with Crippen LogP contribution in [0.3, 0.4) is 0 Å². The minimum Gasteiger partial charge on any atom is -0.496 e. The Hall–Kier alpha value is -2.40. The van der Waals surface area contributed by atoms with E-state index >= 15 is 0 Å². The number of pyridine rings is 1. The molecule has 0 aliphatic rings. The van der Waals surface area contributed by atoms with Crippen molar-refractivity contribution >= 4 is 5.91 Å². The molecule has 5 nitrogen and oxygen atoms in total. The number of aromatic nitrogens is 1. The van der Waals surface area contributed by atoms with Gasteiger partial charge < -0.3 is 15.2 Å². The highest BCUT2D eigenvalue weighted by atomic mass is 16.5. The number of hydrogen-bond acceptors (Lipinski definition) is 4. The number of nitrogens with one attached hydrogen (secondary N) is 1. The quantitative estimate of drug-likeness (QED) is 0.859. The van der Waals surface area contributed by atoms with Crippen LogP contribution in [0.2, 0.25) is 0 Å². The first-order valence-electron chi connectivity index (χ1n) is 7.51. The summed E-state index contributed by atoms with van der Waals surface area (Å²) in [5, 5.41) is 12.9. The van der Waals surface area contributed by atoms with Gasteiger partial charge in [-0.1, -0.05) is 30.3 Å². The zero-order valence-corrected chi connectivity index (χ0v) is 13.7. The molecule has 23 heavy (non-hydrogen) atoms. The van der Waals surface area contributed by atoms with E-state index in [-0.39, 0.29) is 12.3 Å². The number of aliphatic hydroxyl groups is 1. The third-order valence-electron chi connectivity index (χ3n) is 3.77. The SMILES string of the molecule is COc1c(C)cnc(CNC(=O)CC(O)c2ccccc2)c1C. The smallest absolute Gasteiger partial charge is 0.223 e. The largest absolute Gasteiger partial charge is 0.496 e. The Balaban J connectivity index is 1.95. The summed E-state index contributed by atoms with van der Waals surface area (Å²) in [4.78, 5) is 16.3. The van der Waals surface area contributed by atoms with E-state index in [2.05, 4.69) is 10.3 Å². The number of aryl methyl sites for hydroxylation is 1. The summed E-state index contributed by atoms with van der Waals surface area (Å²) in [6.45, 7) is 4.15. The van der Waals surface area contributed by atoms with Crippen LogP contribution in [0.5, 0.6) is 5.75 Å². The molecule has 0 aliphatic heterocycles. The van der Waals surface area contributed by atoms with Crippen molar-refractivity contribution in [3.8, 4) is 5.75 Å². The average molecular weight is 314 g/mol. The first-order valence-corrected chi connectivity index (χ1v) is 7.51. The van der Waals surface area contributed by atoms with Crippen LogP contribution in [-0.2, 0) is 11.3 Å². The Bertz CT molecular complexity index is 671. The van der Waals surface area contributed by atoms with Gasteiger partial charge in [0.2, 0.25) is 5.91 Å². The first-order chi connectivity index (χ1) is 11.0. The molecule has 0 saturated carbocycles. The number of ether oxygens (including phenoxy) is 1. The highest BCUT2D eigenvalue weighted by molar-refractivity contribution is 5.76. The summed E-state index contributed by atoms with van der Waals surface area (Å²) in [5.74, 6) is 0.565. The second kappa shape index (κ2) is 7.74. The van der Waals surface area contributed by atoms with Crippen LogP contribution in [0, 0.1) is 13.8 Å². The van der Waals surface area contributed by atoms with Crippen molar-refractivity contribution in [2.75, 3.05) is 7.11 Å². The van der Waals surface area contributed by atoms with Gasteiger partial charge in [0.05, 0.1) is 31.9 Å². The Morgan fingerprint density at radius 1 is 1.30 bits per heavy atom. The van der Waals surface area contributed by atoms with Crippen molar-refractivity contribution in [1.29, 1.82) is 0 Å². The lowest BCUT2D eigenvalue weighted by Crippen LogP contribution is -2.25. The van der Waals surface area contributed by atoms with E-state index in [1.807, 2.05) is 32.0 Å². The molecule has 122 valence electrons. The minimum absolute atomic E-state index is 0.0199. The van der Waals surface area contributed by atoms with Gasteiger partial charge >= 0.3 is 0 Å². The highest BCUT2D eigenvalue weighted by Gasteiger charge is 2.14. The van der Waals surface area contributed by atoms with Crippen LogP contribution in [0.25, 0.3) is 0 Å². The maximum absolute atomic E-state index is 12.0. The maximum atomic E-state index is 12.0. The standard InChI is InChI=1S/C18H22N2O3/c1-12-10-19-15(13(2)18(12)23-3)11-20-17(22)9-16(21)14-7-5-4-6-8-14/h4-8,10,16,21H,9,11H2,1-3H3,(H,20,22). The molecule has 0 radical (unpaired) electrons. The van der Waals surface area contributed by atoms with Crippen molar-refractivity contribution < 1.29 is 14.6 Å². The van der Waals surface area contributed by atoms with Crippen molar-refractivity contribution in [3.05, 3.63) is 58.9 Å². The fourth-order valence-corrected chi connectivity index (χ4v) is 2.47. The summed E-state index contributed by atoms with van der Waals surface area (Å²) < 4.78 is 5.35. The molecule has 5 heteroatoms. The third kappa shape index (κ3) is 4.29. The molecule has 0 saturated heterocycles. The van der Waals surface area contributed by atoms with E-state index in [4.69, 9.17) is 4.74 Å². The monoisotopic (exact) mass is 314 g/mol. The fraction of sp³-hybridized carbons (Fsp3) is 0.333. The molecule has 0 aliphatic carbocycles. The molecule has 2 rings (SSSR count). The second-order valence-electron chi connectivity index (χ2n) is 5.45. The summed E-state index contributed by atoms with van der Waals surface area (Å²) in [6.07, 6.45) is 0.941. The predicted octanol–water partition coefficient (Wildman–Crippen LogP) is 2.45. The summed E-state index contributed by atoms with van der Waals surface area (Å²) in [6, 6.07) is 9.14. The van der Waals surface area contributed by atoms with Gasteiger partial charge in [0.15, 0.2) is 0 Å². The molecule has 2 aromatic rings. The number of carbonyl (C=O) groups excluding carboxylic acids is 1. The van der Waals surface area contributed by atoms with Gasteiger partial charge in [0.1, 0.15) is 5.75 Å². The lowest BCUT2D eigenvalue weighted by molar-refractivity contribution is -0.123. The second-order valence-corrected chi connectivity index (χ2v) is 5.45. The Morgan fingerprint density at radius 3 is 2.65 bits per heavy atom. The molecule has 1 atom stereocenters. The molecule has 1 heterocycles. The van der Waals surface area contributed by atoms with E-state index in [9.17, 15) is 9.90 Å². The van der Waals surface area contributed by atoms with Crippen LogP contribution < -0.4 is 10.1 Å². The average Bonchev–Trinajstić information content (AvgIpc) is 2.55. The Morgan fingerprint density at radius 2 is 2.00 bits per heavy atom. The van der Waals surface area contributed by atoms with Gasteiger partial charge in [0.25, 0.3) is 0 Å². The van der Waals surface area contributed by atoms with Gasteiger partial charge in [-0.15, -0.1) is 0 Å². The molecule has 0 fully saturated rings. The van der Waals surface area contributed by atoms with Crippen LogP contribution in [-0.4, -0.2) is 23.1 Å². The van der Waals surface area contributed by atoms with E-state index in [1.54, 1.807) is 25.4 Å². The number of benzene rings is 1. The predicted molar refractivity (Wildman–Crippen MR) is 88.1 cm³/mol. The van der Waals surface area contributed by atoms with E-state index in [1.165, 1.54) is 0 Å². The van der Waals surface area contributed by atoms with Crippen molar-refractivity contribution in [2.45, 2.75) is 32.9 Å². The van der Waals surface area contributed by atoms with Gasteiger partial charge in [0, 0.05) is 17.3 Å². The zero-order valence-electron chi connectivity index (χ0n) is 13.7. The molecule has 1 amide bonds. The number of rotatable bonds is 6. The maximum Gasteiger partial charge on any atom is 0.223 e. The third-order valence-corrected chi connectivity index (χ3v) is 3.77. The number of amides is 1. The molecular formula is C18H22N2O3. The van der Waals surface area contributed by atoms with E-state index < -0.39 is 6.10 Å². The number of methoxy groups -OCH3 is 1. The number of aliphatic hydroxyl groups excluding tert-OH is 1. The number of carbonyl (C=O) groups is 1. The Kier molecular flexibility index (Phi) is 5.71. The number of nitrogens with zero attached hydrogens (tertiary/aromatic N) is 1. The lowest BCUT2D eigenvalue weighted by atomic mass is 10.1. The molecule has 1 unspecified atom stereocenters. The zero-order chi connectivity index (χ0) is 16.8. The summed E-state index contributed by atoms with van der Waals surface area (Å²) in [5.41, 5.74) is 3.36. The molecule has 0 spiro atoms. The molecular weight excluding hydrogens is 292 g/mol. The topological polar surface area (TPSA) is 71.5 Å². The van der Waals surface area contributed by atoms with Crippen LogP contribution >= 0.6 is 0 Å².